The molecule has 3 rings (SSSR count). The second kappa shape index (κ2) is 6.71. The Balaban J connectivity index is 2.47. The minimum atomic E-state index is -0.527. The van der Waals surface area contributed by atoms with Gasteiger partial charge in [0.1, 0.15) is 5.69 Å². The number of nitrogens with two attached hydrogens (primary N) is 1. The number of phenolic OH excluding ortho intramolecular Hbond substituents is 3. The summed E-state index contributed by atoms with van der Waals surface area (Å²) in [6.45, 7) is 4.10. The predicted molar refractivity (Wildman–Crippen MR) is 98.2 cm³/mol. The summed E-state index contributed by atoms with van der Waals surface area (Å²) in [6, 6.07) is 18.5. The molecule has 0 fully saturated rings. The van der Waals surface area contributed by atoms with Gasteiger partial charge in [-0.15, -0.1) is 0 Å². The van der Waals surface area contributed by atoms with Crippen molar-refractivity contribution in [3.05, 3.63) is 82.2 Å². The van der Waals surface area contributed by atoms with Crippen molar-refractivity contribution in [1.29, 1.82) is 0 Å². The van der Waals surface area contributed by atoms with Crippen LogP contribution in [0.4, 0.5) is 5.69 Å². The van der Waals surface area contributed by atoms with Crippen LogP contribution < -0.4 is 15.8 Å². The summed E-state index contributed by atoms with van der Waals surface area (Å²) < 4.78 is 0. The van der Waals surface area contributed by atoms with E-state index in [0.29, 0.717) is 5.56 Å². The van der Waals surface area contributed by atoms with E-state index in [1.54, 1.807) is 0 Å². The molecule has 0 aliphatic carbocycles. The molecule has 0 heterocycles. The molecule has 0 saturated heterocycles. The third-order valence-corrected chi connectivity index (χ3v) is 4.19. The molecule has 0 atom stereocenters. The van der Waals surface area contributed by atoms with Gasteiger partial charge in [-0.1, -0.05) is 43.0 Å². The van der Waals surface area contributed by atoms with Gasteiger partial charge in [0.05, 0.1) is 7.05 Å². The first kappa shape index (κ1) is 16.6. The molecule has 0 amide bonds. The van der Waals surface area contributed by atoms with Gasteiger partial charge in [0.15, 0.2) is 17.2 Å². The van der Waals surface area contributed by atoms with Crippen LogP contribution in [0.15, 0.2) is 60.7 Å². The third-order valence-electron chi connectivity index (χ3n) is 4.19. The quantitative estimate of drug-likeness (QED) is 0.431. The van der Waals surface area contributed by atoms with Crippen molar-refractivity contribution < 1.29 is 20.6 Å². The first-order valence-corrected chi connectivity index (χ1v) is 7.95. The molecule has 0 aliphatic heterocycles. The Bertz CT molecular complexity index is 1020. The minimum absolute atomic E-state index is 0.369. The van der Waals surface area contributed by atoms with Gasteiger partial charge in [-0.2, -0.15) is 0 Å². The molecule has 0 aliphatic rings. The van der Waals surface area contributed by atoms with Crippen LogP contribution in [-0.2, 0) is 0 Å². The van der Waals surface area contributed by atoms with Crippen LogP contribution in [0.3, 0.4) is 0 Å². The average molecular weight is 334 g/mol. The molecule has 25 heavy (non-hydrogen) atoms. The number of quaternary nitrogens is 1. The van der Waals surface area contributed by atoms with Gasteiger partial charge in [-0.3, -0.25) is 0 Å². The number of hydrogen-bond donors (Lipinski definition) is 4. The van der Waals surface area contributed by atoms with Gasteiger partial charge in [0.2, 0.25) is 0 Å². The minimum Gasteiger partial charge on any atom is -0.504 e. The zero-order valence-corrected chi connectivity index (χ0v) is 13.9. The van der Waals surface area contributed by atoms with Crippen molar-refractivity contribution in [2.75, 3.05) is 7.05 Å². The van der Waals surface area contributed by atoms with E-state index in [1.165, 1.54) is 12.1 Å². The number of benzene rings is 3. The van der Waals surface area contributed by atoms with Crippen molar-refractivity contribution in [1.82, 2.24) is 0 Å². The Morgan fingerprint density at radius 1 is 0.880 bits per heavy atom. The third kappa shape index (κ3) is 3.07. The van der Waals surface area contributed by atoms with E-state index in [2.05, 4.69) is 6.58 Å². The summed E-state index contributed by atoms with van der Waals surface area (Å²) in [5.74, 6) is -1.26. The summed E-state index contributed by atoms with van der Waals surface area (Å²) in [5, 5.41) is 33.3. The molecule has 4 nitrogen and oxygen atoms in total. The molecule has 3 aromatic carbocycles. The highest BCUT2D eigenvalue weighted by Crippen LogP contribution is 2.38. The van der Waals surface area contributed by atoms with Crippen molar-refractivity contribution >= 4 is 17.8 Å². The van der Waals surface area contributed by atoms with Crippen molar-refractivity contribution in [3.8, 4) is 17.2 Å². The first-order valence-electron chi connectivity index (χ1n) is 7.95. The molecule has 5 N–H and O–H groups in total. The monoisotopic (exact) mass is 334 g/mol. The molecule has 3 aromatic rings. The lowest BCUT2D eigenvalue weighted by atomic mass is 9.93. The van der Waals surface area contributed by atoms with Crippen LogP contribution in [0.1, 0.15) is 11.1 Å². The molecule has 0 unspecified atom stereocenters. The van der Waals surface area contributed by atoms with Gasteiger partial charge >= 0.3 is 0 Å². The summed E-state index contributed by atoms with van der Waals surface area (Å²) in [7, 11) is 1.96. The summed E-state index contributed by atoms with van der Waals surface area (Å²) in [6.07, 6.45) is 0. The maximum Gasteiger partial charge on any atom is 0.200 e. The van der Waals surface area contributed by atoms with Gasteiger partial charge in [-0.25, -0.2) is 0 Å². The molecular formula is C21H20NO3+. The Labute approximate surface area is 145 Å². The van der Waals surface area contributed by atoms with Crippen LogP contribution in [0.2, 0.25) is 0 Å². The van der Waals surface area contributed by atoms with Gasteiger partial charge in [-0.05, 0) is 40.3 Å². The van der Waals surface area contributed by atoms with E-state index < -0.39 is 5.75 Å². The highest BCUT2D eigenvalue weighted by Gasteiger charge is 2.17. The normalized spacial score (nSPS) is 12.0. The molecule has 0 radical (unpaired) electrons. The number of aromatic hydroxyl groups is 3. The lowest BCUT2D eigenvalue weighted by Gasteiger charge is -2.13. The van der Waals surface area contributed by atoms with Crippen LogP contribution in [-0.4, -0.2) is 22.4 Å². The summed E-state index contributed by atoms with van der Waals surface area (Å²) in [5.41, 5.74) is 3.39. The van der Waals surface area contributed by atoms with E-state index in [4.69, 9.17) is 0 Å². The van der Waals surface area contributed by atoms with Crippen molar-refractivity contribution in [2.24, 2.45) is 0 Å². The fraction of sp³-hybridized carbons (Fsp3) is 0.0476. The summed E-state index contributed by atoms with van der Waals surface area (Å²) >= 11 is 0. The fourth-order valence-electron chi connectivity index (χ4n) is 2.95. The zero-order valence-electron chi connectivity index (χ0n) is 13.9. The fourth-order valence-corrected chi connectivity index (χ4v) is 2.95. The van der Waals surface area contributed by atoms with E-state index in [0.717, 1.165) is 27.3 Å². The SMILES string of the molecule is C=c1ccccc1=C(c1cc(O)c(O)c(O)c1)c1ccccc1[NH2+]C. The Hall–Kier alpha value is -3.24. The smallest absolute Gasteiger partial charge is 0.200 e. The largest absolute Gasteiger partial charge is 0.504 e. The maximum atomic E-state index is 9.97. The standard InChI is InChI=1S/C21H19NO3/c1-13-7-3-4-8-15(13)20(16-9-5-6-10-17(16)22-2)14-11-18(23)21(25)19(24)12-14/h3-12,22-25H,1H2,2H3/p+1. The van der Waals surface area contributed by atoms with Gasteiger partial charge in [0, 0.05) is 11.1 Å². The van der Waals surface area contributed by atoms with Gasteiger partial charge in [0.25, 0.3) is 0 Å². The van der Waals surface area contributed by atoms with E-state index in [-0.39, 0.29) is 11.5 Å². The molecular weight excluding hydrogens is 314 g/mol. The predicted octanol–water partition coefficient (Wildman–Crippen LogP) is 1.29. The number of hydrogen-bond acceptors (Lipinski definition) is 3. The lowest BCUT2D eigenvalue weighted by Crippen LogP contribution is -2.73. The zero-order chi connectivity index (χ0) is 18.0. The van der Waals surface area contributed by atoms with Crippen LogP contribution >= 0.6 is 0 Å². The molecule has 0 bridgehead atoms. The molecule has 0 aromatic heterocycles. The highest BCUT2D eigenvalue weighted by atomic mass is 16.3. The van der Waals surface area contributed by atoms with Crippen LogP contribution in [0, 0.1) is 0 Å². The average Bonchev–Trinajstić information content (AvgIpc) is 2.62. The summed E-state index contributed by atoms with van der Waals surface area (Å²) in [4.78, 5) is 0. The molecule has 126 valence electrons. The van der Waals surface area contributed by atoms with Crippen molar-refractivity contribution in [3.63, 3.8) is 0 Å². The second-order valence-corrected chi connectivity index (χ2v) is 5.77. The highest BCUT2D eigenvalue weighted by molar-refractivity contribution is 5.85. The lowest BCUT2D eigenvalue weighted by molar-refractivity contribution is -0.539. The topological polar surface area (TPSA) is 77.3 Å². The molecule has 0 saturated carbocycles. The molecule has 4 heteroatoms. The van der Waals surface area contributed by atoms with Crippen molar-refractivity contribution in [2.45, 2.75) is 0 Å². The number of para-hydroxylation sites is 1. The van der Waals surface area contributed by atoms with E-state index >= 15 is 0 Å². The van der Waals surface area contributed by atoms with E-state index in [9.17, 15) is 15.3 Å². The molecule has 0 spiro atoms. The Kier molecular flexibility index (Phi) is 4.46. The Morgan fingerprint density at radius 2 is 1.48 bits per heavy atom. The Morgan fingerprint density at radius 3 is 2.12 bits per heavy atom. The number of rotatable bonds is 3. The second-order valence-electron chi connectivity index (χ2n) is 5.77. The van der Waals surface area contributed by atoms with Gasteiger partial charge < -0.3 is 20.6 Å². The van der Waals surface area contributed by atoms with Crippen LogP contribution in [0.5, 0.6) is 17.2 Å². The number of phenols is 3. The van der Waals surface area contributed by atoms with E-state index in [1.807, 2.05) is 60.9 Å². The first-order chi connectivity index (χ1) is 12.0. The maximum absolute atomic E-state index is 9.97. The van der Waals surface area contributed by atoms with Crippen LogP contribution in [0.25, 0.3) is 12.2 Å².